The molecule has 0 spiro atoms. The fourth-order valence-corrected chi connectivity index (χ4v) is 2.01. The molecule has 2 N–H and O–H groups in total. The number of ether oxygens (including phenoxy) is 2. The first-order valence-corrected chi connectivity index (χ1v) is 6.99. The van der Waals surface area contributed by atoms with Crippen molar-refractivity contribution in [3.05, 3.63) is 53.8 Å². The van der Waals surface area contributed by atoms with Gasteiger partial charge in [0.05, 0.1) is 7.11 Å². The molecule has 21 heavy (non-hydrogen) atoms. The van der Waals surface area contributed by atoms with Crippen molar-refractivity contribution in [2.45, 2.75) is 25.8 Å². The maximum absolute atomic E-state index is 14.0. The van der Waals surface area contributed by atoms with Gasteiger partial charge in [-0.1, -0.05) is 13.0 Å². The highest BCUT2D eigenvalue weighted by Gasteiger charge is 2.13. The molecule has 2 rings (SSSR count). The molecule has 1 unspecified atom stereocenters. The molecule has 0 fully saturated rings. The Hall–Kier alpha value is -2.07. The van der Waals surface area contributed by atoms with Crippen LogP contribution >= 0.6 is 0 Å². The van der Waals surface area contributed by atoms with Gasteiger partial charge in [-0.25, -0.2) is 4.39 Å². The van der Waals surface area contributed by atoms with E-state index in [0.29, 0.717) is 23.5 Å². The molecule has 2 aromatic rings. The topological polar surface area (TPSA) is 44.5 Å². The molecule has 0 heterocycles. The van der Waals surface area contributed by atoms with Gasteiger partial charge in [-0.15, -0.1) is 0 Å². The predicted octanol–water partition coefficient (Wildman–Crippen LogP) is 3.91. The molecule has 0 aliphatic carbocycles. The minimum atomic E-state index is -0.287. The maximum Gasteiger partial charge on any atom is 0.133 e. The van der Waals surface area contributed by atoms with Gasteiger partial charge in [-0.05, 0) is 49.2 Å². The predicted molar refractivity (Wildman–Crippen MR) is 81.4 cm³/mol. The lowest BCUT2D eigenvalue weighted by molar-refractivity contribution is 0.412. The Bertz CT molecular complexity index is 584. The van der Waals surface area contributed by atoms with Crippen molar-refractivity contribution in [1.29, 1.82) is 0 Å². The largest absolute Gasteiger partial charge is 0.497 e. The molecule has 0 amide bonds. The van der Waals surface area contributed by atoms with E-state index in [9.17, 15) is 4.39 Å². The summed E-state index contributed by atoms with van der Waals surface area (Å²) in [6, 6.07) is 11.9. The normalized spacial score (nSPS) is 12.0. The van der Waals surface area contributed by atoms with Gasteiger partial charge in [-0.3, -0.25) is 0 Å². The smallest absolute Gasteiger partial charge is 0.133 e. The lowest BCUT2D eigenvalue weighted by Crippen LogP contribution is -2.22. The maximum atomic E-state index is 14.0. The molecule has 0 aliphatic heterocycles. The van der Waals surface area contributed by atoms with Crippen LogP contribution in [0.2, 0.25) is 0 Å². The third kappa shape index (κ3) is 3.95. The summed E-state index contributed by atoms with van der Waals surface area (Å²) < 4.78 is 24.9. The second-order valence-corrected chi connectivity index (χ2v) is 4.87. The van der Waals surface area contributed by atoms with Gasteiger partial charge in [0.25, 0.3) is 0 Å². The first-order chi connectivity index (χ1) is 10.1. The molecule has 4 heteroatoms. The second-order valence-electron chi connectivity index (χ2n) is 4.87. The number of hydrogen-bond donors (Lipinski definition) is 1. The zero-order valence-corrected chi connectivity index (χ0v) is 12.3. The fraction of sp³-hybridized carbons (Fsp3) is 0.294. The molecule has 0 saturated carbocycles. The lowest BCUT2D eigenvalue weighted by Gasteiger charge is -2.15. The van der Waals surface area contributed by atoms with Crippen LogP contribution in [0.3, 0.4) is 0 Å². The Morgan fingerprint density at radius 2 is 1.76 bits per heavy atom. The third-order valence-electron chi connectivity index (χ3n) is 3.35. The highest BCUT2D eigenvalue weighted by molar-refractivity contribution is 5.40. The van der Waals surface area contributed by atoms with E-state index in [-0.39, 0.29) is 11.9 Å². The summed E-state index contributed by atoms with van der Waals surface area (Å²) in [4.78, 5) is 0. The highest BCUT2D eigenvalue weighted by atomic mass is 19.1. The van der Waals surface area contributed by atoms with Crippen molar-refractivity contribution in [2.75, 3.05) is 7.11 Å². The van der Waals surface area contributed by atoms with Crippen LogP contribution in [0, 0.1) is 5.82 Å². The van der Waals surface area contributed by atoms with Crippen LogP contribution in [0.1, 0.15) is 18.9 Å². The van der Waals surface area contributed by atoms with E-state index in [0.717, 1.165) is 12.2 Å². The molecule has 0 aromatic heterocycles. The monoisotopic (exact) mass is 289 g/mol. The van der Waals surface area contributed by atoms with E-state index in [1.165, 1.54) is 6.07 Å². The quantitative estimate of drug-likeness (QED) is 0.877. The minimum Gasteiger partial charge on any atom is -0.497 e. The molecule has 3 nitrogen and oxygen atoms in total. The third-order valence-corrected chi connectivity index (χ3v) is 3.35. The van der Waals surface area contributed by atoms with E-state index >= 15 is 0 Å². The van der Waals surface area contributed by atoms with Crippen LogP contribution < -0.4 is 15.2 Å². The van der Waals surface area contributed by atoms with E-state index in [1.54, 1.807) is 43.5 Å². The zero-order valence-electron chi connectivity index (χ0n) is 12.3. The van der Waals surface area contributed by atoms with Crippen molar-refractivity contribution in [3.8, 4) is 17.2 Å². The Morgan fingerprint density at radius 1 is 1.10 bits per heavy atom. The van der Waals surface area contributed by atoms with Crippen LogP contribution in [-0.4, -0.2) is 13.2 Å². The summed E-state index contributed by atoms with van der Waals surface area (Å²) in [5, 5.41) is 0. The zero-order chi connectivity index (χ0) is 15.2. The number of nitrogens with two attached hydrogens (primary N) is 1. The van der Waals surface area contributed by atoms with Crippen molar-refractivity contribution < 1.29 is 13.9 Å². The number of methoxy groups -OCH3 is 1. The van der Waals surface area contributed by atoms with Gasteiger partial charge in [-0.2, -0.15) is 0 Å². The molecular weight excluding hydrogens is 269 g/mol. The van der Waals surface area contributed by atoms with Crippen LogP contribution in [0.15, 0.2) is 42.5 Å². The van der Waals surface area contributed by atoms with Crippen LogP contribution in [-0.2, 0) is 6.42 Å². The van der Waals surface area contributed by atoms with Crippen molar-refractivity contribution in [1.82, 2.24) is 0 Å². The summed E-state index contributed by atoms with van der Waals surface area (Å²) in [5.74, 6) is 1.59. The van der Waals surface area contributed by atoms with E-state index in [2.05, 4.69) is 0 Å². The summed E-state index contributed by atoms with van der Waals surface area (Å²) in [7, 11) is 1.60. The Labute approximate surface area is 124 Å². The molecule has 0 aliphatic rings. The van der Waals surface area contributed by atoms with Gasteiger partial charge >= 0.3 is 0 Å². The van der Waals surface area contributed by atoms with Gasteiger partial charge in [0.1, 0.15) is 23.1 Å². The van der Waals surface area contributed by atoms with Crippen molar-refractivity contribution in [3.63, 3.8) is 0 Å². The molecule has 0 radical (unpaired) electrons. The summed E-state index contributed by atoms with van der Waals surface area (Å²) in [6.45, 7) is 1.98. The Balaban J connectivity index is 2.23. The first-order valence-electron chi connectivity index (χ1n) is 6.99. The van der Waals surface area contributed by atoms with Crippen LogP contribution in [0.5, 0.6) is 17.2 Å². The average Bonchev–Trinajstić information content (AvgIpc) is 2.51. The van der Waals surface area contributed by atoms with E-state index < -0.39 is 0 Å². The molecule has 112 valence electrons. The summed E-state index contributed by atoms with van der Waals surface area (Å²) in [6.07, 6.45) is 1.24. The first kappa shape index (κ1) is 15.3. The Morgan fingerprint density at radius 3 is 2.38 bits per heavy atom. The molecule has 1 atom stereocenters. The SMILES string of the molecule is CCC(N)Cc1c(F)cccc1Oc1ccc(OC)cc1. The Kier molecular flexibility index (Phi) is 5.17. The van der Waals surface area contributed by atoms with E-state index in [4.69, 9.17) is 15.2 Å². The molecule has 0 bridgehead atoms. The summed E-state index contributed by atoms with van der Waals surface area (Å²) >= 11 is 0. The fourth-order valence-electron chi connectivity index (χ4n) is 2.01. The average molecular weight is 289 g/mol. The van der Waals surface area contributed by atoms with Gasteiger partial charge in [0.2, 0.25) is 0 Å². The van der Waals surface area contributed by atoms with Crippen LogP contribution in [0.4, 0.5) is 4.39 Å². The molecular formula is C17H20FNO2. The minimum absolute atomic E-state index is 0.0832. The number of rotatable bonds is 6. The number of benzene rings is 2. The van der Waals surface area contributed by atoms with E-state index in [1.807, 2.05) is 6.92 Å². The standard InChI is InChI=1S/C17H20FNO2/c1-3-12(19)11-15-16(18)5-4-6-17(15)21-14-9-7-13(20-2)8-10-14/h4-10,12H,3,11,19H2,1-2H3. The second kappa shape index (κ2) is 7.09. The number of hydrogen-bond acceptors (Lipinski definition) is 3. The van der Waals surface area contributed by atoms with Crippen LogP contribution in [0.25, 0.3) is 0 Å². The van der Waals surface area contributed by atoms with Gasteiger partial charge in [0, 0.05) is 11.6 Å². The lowest BCUT2D eigenvalue weighted by atomic mass is 10.0. The van der Waals surface area contributed by atoms with Crippen molar-refractivity contribution >= 4 is 0 Å². The highest BCUT2D eigenvalue weighted by Crippen LogP contribution is 2.29. The van der Waals surface area contributed by atoms with Gasteiger partial charge < -0.3 is 15.2 Å². The van der Waals surface area contributed by atoms with Crippen molar-refractivity contribution in [2.24, 2.45) is 5.73 Å². The van der Waals surface area contributed by atoms with Gasteiger partial charge in [0.15, 0.2) is 0 Å². The molecule has 0 saturated heterocycles. The summed E-state index contributed by atoms with van der Waals surface area (Å²) in [5.41, 5.74) is 6.45. The number of halogens is 1. The molecule has 2 aromatic carbocycles.